The van der Waals surface area contributed by atoms with Gasteiger partial charge in [-0.05, 0) is 358 Å². The van der Waals surface area contributed by atoms with Crippen LogP contribution < -0.4 is 51.0 Å². The van der Waals surface area contributed by atoms with Crippen molar-refractivity contribution < 1.29 is 0 Å². The first-order chi connectivity index (χ1) is 60.0. The van der Waals surface area contributed by atoms with Crippen molar-refractivity contribution in [3.63, 3.8) is 0 Å². The lowest BCUT2D eigenvalue weighted by atomic mass is 9.35. The van der Waals surface area contributed by atoms with Crippen molar-refractivity contribution in [1.29, 1.82) is 0 Å². The van der Waals surface area contributed by atoms with E-state index in [1.807, 2.05) is 0 Å². The minimum Gasteiger partial charge on any atom is -0.311 e. The summed E-state index contributed by atoms with van der Waals surface area (Å²) in [5, 5.41) is 2.74. The summed E-state index contributed by atoms with van der Waals surface area (Å²) < 4.78 is 5.66. The van der Waals surface area contributed by atoms with Crippen LogP contribution in [-0.4, -0.2) is 13.4 Å². The lowest BCUT2D eigenvalue weighted by Gasteiger charge is -2.47. The van der Waals surface area contributed by atoms with Crippen molar-refractivity contribution in [3.05, 3.63) is 296 Å². The molecule has 0 saturated heterocycles. The average Bonchev–Trinajstić information content (AvgIpc) is 1.64. The smallest absolute Gasteiger partial charge is 0.264 e. The fraction of sp³-hybridized carbons (Fsp3) is 0.361. The van der Waals surface area contributed by atoms with Gasteiger partial charge < -0.3 is 19.6 Å². The number of anilines is 12. The fourth-order valence-corrected chi connectivity index (χ4v) is 27.3. The molecule has 22 rings (SSSR count). The Morgan fingerprint density at radius 2 is 0.669 bits per heavy atom. The molecule has 1 unspecified atom stereocenters. The molecule has 4 aliphatic heterocycles. The zero-order valence-corrected chi connectivity index (χ0v) is 81.5. The third-order valence-corrected chi connectivity index (χ3v) is 35.3. The topological polar surface area (TPSA) is 13.0 Å². The SMILES string of the molecule is Cc1cc2c3c(c1)N(c1cccc(-c4ccc(CC5(C)CCC(C)(C)c6cc7c8c(sc7cc65)B5c6cc7c(cc6N(c6ccc(C(C)(C)C)cc6)c6cc(C)cc(c65)N8c5cc(-c6ccccc6)ccc5C)C(C)(C)CCC7(C)C)cc4)c1)c1c(sc4cc5c(cc14)C(C)(C)CCC5(C)C)B3c1cc3c(cc1N2c1ccc(C(C)(C)C)cc1)C(C)(C)CCC3(C)C. The maximum atomic E-state index is 2.76. The highest BCUT2D eigenvalue weighted by molar-refractivity contribution is 7.34. The van der Waals surface area contributed by atoms with Crippen molar-refractivity contribution in [2.24, 2.45) is 0 Å². The number of thiophene rings is 2. The summed E-state index contributed by atoms with van der Waals surface area (Å²) in [7, 11) is 0. The summed E-state index contributed by atoms with van der Waals surface area (Å²) in [6.45, 7) is 58.9. The molecule has 0 radical (unpaired) electrons. The van der Waals surface area contributed by atoms with Crippen LogP contribution in [0.5, 0.6) is 0 Å². The summed E-state index contributed by atoms with van der Waals surface area (Å²) in [5.74, 6) is 0. The highest BCUT2D eigenvalue weighted by Gasteiger charge is 2.53. The van der Waals surface area contributed by atoms with E-state index in [0.29, 0.717) is 0 Å². The normalized spacial score (nSPS) is 19.5. The second-order valence-electron chi connectivity index (χ2n) is 47.1. The summed E-state index contributed by atoms with van der Waals surface area (Å²) in [4.78, 5) is 10.9. The number of aryl methyl sites for hydroxylation is 3. The molecular weight excluding hydrogens is 1570 g/mol. The summed E-state index contributed by atoms with van der Waals surface area (Å²) in [6.07, 6.45) is 10.1. The van der Waals surface area contributed by atoms with Crippen LogP contribution in [0.3, 0.4) is 0 Å². The van der Waals surface area contributed by atoms with Crippen molar-refractivity contribution in [2.75, 3.05) is 19.6 Å². The highest BCUT2D eigenvalue weighted by Crippen LogP contribution is 2.60. The third kappa shape index (κ3) is 12.7. The van der Waals surface area contributed by atoms with E-state index in [0.717, 1.165) is 51.4 Å². The first-order valence-electron chi connectivity index (χ1n) is 47.6. The van der Waals surface area contributed by atoms with Crippen molar-refractivity contribution in [2.45, 2.75) is 278 Å². The van der Waals surface area contributed by atoms with Gasteiger partial charge in [-0.25, -0.2) is 0 Å². The molecule has 6 heterocycles. The molecule has 14 aromatic rings. The van der Waals surface area contributed by atoms with E-state index >= 15 is 0 Å². The lowest BCUT2D eigenvalue weighted by Crippen LogP contribution is -2.61. The number of benzene rings is 12. The molecule has 640 valence electrons. The second kappa shape index (κ2) is 27.7. The Kier molecular flexibility index (Phi) is 18.0. The van der Waals surface area contributed by atoms with E-state index in [-0.39, 0.29) is 67.6 Å². The van der Waals surface area contributed by atoms with Crippen LogP contribution in [0.2, 0.25) is 0 Å². The van der Waals surface area contributed by atoms with Gasteiger partial charge in [0.25, 0.3) is 13.4 Å². The van der Waals surface area contributed by atoms with Crippen LogP contribution in [-0.2, 0) is 60.6 Å². The van der Waals surface area contributed by atoms with Crippen LogP contribution in [0.4, 0.5) is 68.2 Å². The molecule has 12 aromatic carbocycles. The van der Waals surface area contributed by atoms with E-state index in [2.05, 4.69) is 427 Å². The molecule has 8 aliphatic rings. The average molecular weight is 1700 g/mol. The van der Waals surface area contributed by atoms with Gasteiger partial charge in [-0.1, -0.05) is 261 Å². The Balaban J connectivity index is 0.684. The van der Waals surface area contributed by atoms with Crippen LogP contribution in [0.1, 0.15) is 275 Å². The standard InChI is InChI=1S/C119H126B2N4S2/c1-70-55-98-104-100(57-70)124(106-83-61-85-91(117(20,21)52-47-112(85,10)11)67-102(83)126-108(106)120(104)93-63-87-89(115(16,17)50-48-113(87,12)13)65-96(93)122(98)80-43-39-78(40-44-80)110(4,5)6)82-32-28-31-76(59-82)75-37-34-73(35-38-75)69-119(24)54-53-118(22,23)86-62-84-103(68-92(86)119)127-109-107(84)125(95-60-77(36-33-72(95)3)74-29-26-25-27-30-74)101-58-71(2)56-99-105(101)121(109)94-64-88-90(116(18,19)51-49-114(88,14)15)66-97(94)123(99)81-45-41-79(42-46-81)111(7,8)9/h25-46,55-68H,47-54,69H2,1-24H3. The Morgan fingerprint density at radius 1 is 0.299 bits per heavy atom. The van der Waals surface area contributed by atoms with Gasteiger partial charge in [-0.2, -0.15) is 0 Å². The minimum atomic E-state index is -0.140. The molecule has 0 bridgehead atoms. The van der Waals surface area contributed by atoms with Crippen LogP contribution in [0.25, 0.3) is 42.4 Å². The highest BCUT2D eigenvalue weighted by atomic mass is 32.1. The van der Waals surface area contributed by atoms with E-state index < -0.39 is 0 Å². The zero-order chi connectivity index (χ0) is 88.8. The number of fused-ring (bicyclic) bond motifs is 16. The minimum absolute atomic E-state index is 0.00595. The van der Waals surface area contributed by atoms with Crippen molar-refractivity contribution in [1.82, 2.24) is 0 Å². The molecular formula is C119H126B2N4S2. The Bertz CT molecular complexity index is 6980. The third-order valence-electron chi connectivity index (χ3n) is 32.9. The molecule has 4 nitrogen and oxygen atoms in total. The van der Waals surface area contributed by atoms with Crippen LogP contribution >= 0.6 is 22.7 Å². The van der Waals surface area contributed by atoms with Crippen LogP contribution in [0.15, 0.2) is 218 Å². The van der Waals surface area contributed by atoms with E-state index in [9.17, 15) is 0 Å². The zero-order valence-electron chi connectivity index (χ0n) is 79.9. The molecule has 0 fully saturated rings. The molecule has 4 aliphatic carbocycles. The number of rotatable bonds is 8. The quantitative estimate of drug-likeness (QED) is 0.141. The van der Waals surface area contributed by atoms with Gasteiger partial charge >= 0.3 is 0 Å². The first kappa shape index (κ1) is 82.6. The lowest BCUT2D eigenvalue weighted by molar-refractivity contribution is 0.311. The fourth-order valence-electron chi connectivity index (χ4n) is 24.6. The summed E-state index contributed by atoms with van der Waals surface area (Å²) in [5.41, 5.74) is 45.8. The summed E-state index contributed by atoms with van der Waals surface area (Å²) in [6, 6.07) is 88.8. The molecule has 8 heteroatoms. The Labute approximate surface area is 766 Å². The predicted octanol–water partition coefficient (Wildman–Crippen LogP) is 29.8. The van der Waals surface area contributed by atoms with E-state index in [1.165, 1.54) is 226 Å². The predicted molar refractivity (Wildman–Crippen MR) is 553 cm³/mol. The van der Waals surface area contributed by atoms with Gasteiger partial charge in [0, 0.05) is 86.6 Å². The Hall–Kier alpha value is -10.1. The largest absolute Gasteiger partial charge is 0.311 e. The van der Waals surface area contributed by atoms with Crippen molar-refractivity contribution in [3.8, 4) is 22.3 Å². The van der Waals surface area contributed by atoms with Gasteiger partial charge in [0.1, 0.15) is 0 Å². The van der Waals surface area contributed by atoms with Gasteiger partial charge in [0.2, 0.25) is 0 Å². The number of hydrogen-bond donors (Lipinski definition) is 0. The molecule has 0 N–H and O–H groups in total. The van der Waals surface area contributed by atoms with E-state index in [1.54, 1.807) is 0 Å². The molecule has 0 amide bonds. The molecule has 2 aromatic heterocycles. The van der Waals surface area contributed by atoms with Crippen molar-refractivity contribution >= 4 is 156 Å². The van der Waals surface area contributed by atoms with Gasteiger partial charge in [0.15, 0.2) is 0 Å². The second-order valence-corrected chi connectivity index (χ2v) is 49.3. The maximum absolute atomic E-state index is 2.76. The molecule has 127 heavy (non-hydrogen) atoms. The molecule has 0 saturated carbocycles. The number of hydrogen-bond acceptors (Lipinski definition) is 6. The molecule has 1 atom stereocenters. The van der Waals surface area contributed by atoms with Gasteiger partial charge in [0.05, 0.1) is 11.4 Å². The van der Waals surface area contributed by atoms with Gasteiger partial charge in [-0.15, -0.1) is 22.7 Å². The monoisotopic (exact) mass is 1700 g/mol. The number of nitrogens with zero attached hydrogens (tertiary/aromatic N) is 4. The van der Waals surface area contributed by atoms with Crippen LogP contribution in [0, 0.1) is 20.8 Å². The maximum Gasteiger partial charge on any atom is 0.264 e. The summed E-state index contributed by atoms with van der Waals surface area (Å²) >= 11 is 4.16. The van der Waals surface area contributed by atoms with Gasteiger partial charge in [-0.3, -0.25) is 0 Å². The molecule has 0 spiro atoms. The first-order valence-corrected chi connectivity index (χ1v) is 49.3. The Morgan fingerprint density at radius 3 is 1.13 bits per heavy atom. The van der Waals surface area contributed by atoms with E-state index in [4.69, 9.17) is 0 Å².